The zero-order valence-electron chi connectivity index (χ0n) is 18.4. The molecule has 6 nitrogen and oxygen atoms in total. The standard InChI is InChI=1S/C27H25FO6/c28-20-10-6-18(7-11-20)26(30)19-8-14-22(15-9-19)34-25-3-1-2-24(25)33-21-12-4-17(5-13-21)16-23(29)27(31)32/h4-15,23-25,29H,1-3,16H2,(H,31,32). The van der Waals surface area contributed by atoms with Crippen LogP contribution in [0.25, 0.3) is 0 Å². The van der Waals surface area contributed by atoms with Gasteiger partial charge in [-0.05, 0) is 85.5 Å². The molecule has 7 heteroatoms. The molecular weight excluding hydrogens is 439 g/mol. The van der Waals surface area contributed by atoms with Gasteiger partial charge in [0.1, 0.15) is 29.5 Å². The van der Waals surface area contributed by atoms with E-state index < -0.39 is 12.1 Å². The second-order valence-corrected chi connectivity index (χ2v) is 8.31. The summed E-state index contributed by atoms with van der Waals surface area (Å²) in [5.41, 5.74) is 1.62. The first-order valence-corrected chi connectivity index (χ1v) is 11.1. The molecule has 0 amide bonds. The Kier molecular flexibility index (Phi) is 7.23. The average Bonchev–Trinajstić information content (AvgIpc) is 3.27. The fraction of sp³-hybridized carbons (Fsp3) is 0.259. The normalized spacial score (nSPS) is 18.3. The summed E-state index contributed by atoms with van der Waals surface area (Å²) in [7, 11) is 0. The third kappa shape index (κ3) is 5.80. The number of aliphatic carboxylic acids is 1. The molecule has 1 saturated carbocycles. The Bertz CT molecular complexity index is 1130. The number of rotatable bonds is 9. The van der Waals surface area contributed by atoms with Gasteiger partial charge in [0.25, 0.3) is 0 Å². The molecule has 0 radical (unpaired) electrons. The maximum Gasteiger partial charge on any atom is 0.332 e. The Morgan fingerprint density at radius 2 is 1.29 bits per heavy atom. The summed E-state index contributed by atoms with van der Waals surface area (Å²) in [6, 6.07) is 19.3. The summed E-state index contributed by atoms with van der Waals surface area (Å²) in [5, 5.41) is 18.3. The Hall–Kier alpha value is -3.71. The summed E-state index contributed by atoms with van der Waals surface area (Å²) < 4.78 is 25.3. The predicted octanol–water partition coefficient (Wildman–Crippen LogP) is 4.42. The number of ether oxygens (including phenoxy) is 2. The molecule has 1 aliphatic carbocycles. The largest absolute Gasteiger partial charge is 0.487 e. The van der Waals surface area contributed by atoms with Gasteiger partial charge in [-0.15, -0.1) is 0 Å². The van der Waals surface area contributed by atoms with E-state index in [2.05, 4.69) is 0 Å². The minimum absolute atomic E-state index is 0.0322. The quantitative estimate of drug-likeness (QED) is 0.456. The number of carbonyl (C=O) groups excluding carboxylic acids is 1. The van der Waals surface area contributed by atoms with E-state index in [9.17, 15) is 19.1 Å². The van der Waals surface area contributed by atoms with Gasteiger partial charge in [0.2, 0.25) is 0 Å². The Morgan fingerprint density at radius 1 is 0.824 bits per heavy atom. The lowest BCUT2D eigenvalue weighted by Crippen LogP contribution is -2.31. The molecule has 1 fully saturated rings. The lowest BCUT2D eigenvalue weighted by molar-refractivity contribution is -0.146. The summed E-state index contributed by atoms with van der Waals surface area (Å²) in [4.78, 5) is 23.4. The van der Waals surface area contributed by atoms with Crippen molar-refractivity contribution >= 4 is 11.8 Å². The second-order valence-electron chi connectivity index (χ2n) is 8.31. The van der Waals surface area contributed by atoms with E-state index in [0.717, 1.165) is 19.3 Å². The zero-order chi connectivity index (χ0) is 24.1. The van der Waals surface area contributed by atoms with Crippen LogP contribution in [0.4, 0.5) is 4.39 Å². The van der Waals surface area contributed by atoms with Crippen molar-refractivity contribution in [3.8, 4) is 11.5 Å². The van der Waals surface area contributed by atoms with Gasteiger partial charge in [-0.3, -0.25) is 4.79 Å². The molecule has 3 unspecified atom stereocenters. The number of carboxylic acids is 1. The van der Waals surface area contributed by atoms with Gasteiger partial charge in [0.15, 0.2) is 11.9 Å². The molecule has 176 valence electrons. The molecule has 34 heavy (non-hydrogen) atoms. The first kappa shape index (κ1) is 23.4. The van der Waals surface area contributed by atoms with E-state index >= 15 is 0 Å². The average molecular weight is 464 g/mol. The van der Waals surface area contributed by atoms with Crippen molar-refractivity contribution in [1.82, 2.24) is 0 Å². The van der Waals surface area contributed by atoms with Crippen molar-refractivity contribution in [1.29, 1.82) is 0 Å². The molecule has 3 aromatic rings. The molecule has 0 bridgehead atoms. The highest BCUT2D eigenvalue weighted by Gasteiger charge is 2.31. The highest BCUT2D eigenvalue weighted by molar-refractivity contribution is 6.09. The van der Waals surface area contributed by atoms with Crippen molar-refractivity contribution < 1.29 is 33.7 Å². The molecule has 0 aliphatic heterocycles. The smallest absolute Gasteiger partial charge is 0.332 e. The topological polar surface area (TPSA) is 93.1 Å². The zero-order valence-corrected chi connectivity index (χ0v) is 18.4. The Balaban J connectivity index is 1.35. The Labute approximate surface area is 196 Å². The van der Waals surface area contributed by atoms with Crippen LogP contribution in [0.2, 0.25) is 0 Å². The molecule has 2 N–H and O–H groups in total. The Morgan fingerprint density at radius 3 is 1.79 bits per heavy atom. The maximum absolute atomic E-state index is 13.1. The fourth-order valence-electron chi connectivity index (χ4n) is 3.98. The number of aliphatic hydroxyl groups is 1. The number of ketones is 1. The van der Waals surface area contributed by atoms with Crippen LogP contribution in [0.5, 0.6) is 11.5 Å². The van der Waals surface area contributed by atoms with Gasteiger partial charge in [-0.2, -0.15) is 0 Å². The molecule has 3 atom stereocenters. The molecule has 0 spiro atoms. The van der Waals surface area contributed by atoms with Crippen LogP contribution in [0.3, 0.4) is 0 Å². The lowest BCUT2D eigenvalue weighted by Gasteiger charge is -2.23. The number of carboxylic acid groups (broad SMARTS) is 1. The minimum atomic E-state index is -1.43. The number of halogens is 1. The number of hydrogen-bond donors (Lipinski definition) is 2. The van der Waals surface area contributed by atoms with Gasteiger partial charge in [0.05, 0.1) is 0 Å². The van der Waals surface area contributed by atoms with Crippen LogP contribution < -0.4 is 9.47 Å². The van der Waals surface area contributed by atoms with Crippen LogP contribution in [-0.4, -0.2) is 40.3 Å². The molecule has 1 aliphatic rings. The molecule has 0 saturated heterocycles. The van der Waals surface area contributed by atoms with Crippen LogP contribution in [0.15, 0.2) is 72.8 Å². The highest BCUT2D eigenvalue weighted by atomic mass is 19.1. The number of benzene rings is 3. The SMILES string of the molecule is O=C(c1ccc(F)cc1)c1ccc(OC2CCCC2Oc2ccc(CC(O)C(=O)O)cc2)cc1. The summed E-state index contributed by atoms with van der Waals surface area (Å²) in [6.07, 6.45) is 0.943. The molecule has 4 rings (SSSR count). The van der Waals surface area contributed by atoms with Crippen LogP contribution >= 0.6 is 0 Å². The van der Waals surface area contributed by atoms with Crippen LogP contribution in [-0.2, 0) is 11.2 Å². The molecule has 0 aromatic heterocycles. The van der Waals surface area contributed by atoms with E-state index in [1.54, 1.807) is 48.5 Å². The highest BCUT2D eigenvalue weighted by Crippen LogP contribution is 2.29. The summed E-state index contributed by atoms with van der Waals surface area (Å²) >= 11 is 0. The summed E-state index contributed by atoms with van der Waals surface area (Å²) in [5.74, 6) is -0.544. The van der Waals surface area contributed by atoms with Crippen molar-refractivity contribution in [3.05, 3.63) is 95.3 Å². The van der Waals surface area contributed by atoms with E-state index in [1.807, 2.05) is 0 Å². The monoisotopic (exact) mass is 464 g/mol. The third-order valence-electron chi connectivity index (χ3n) is 5.83. The summed E-state index contributed by atoms with van der Waals surface area (Å²) in [6.45, 7) is 0. The number of hydrogen-bond acceptors (Lipinski definition) is 5. The van der Waals surface area contributed by atoms with Crippen molar-refractivity contribution in [2.24, 2.45) is 0 Å². The molecular formula is C27H25FO6. The van der Waals surface area contributed by atoms with Gasteiger partial charge >= 0.3 is 5.97 Å². The van der Waals surface area contributed by atoms with Gasteiger partial charge in [-0.25, -0.2) is 9.18 Å². The maximum atomic E-state index is 13.1. The predicted molar refractivity (Wildman–Crippen MR) is 123 cm³/mol. The minimum Gasteiger partial charge on any atom is -0.487 e. The molecule has 3 aromatic carbocycles. The van der Waals surface area contributed by atoms with Crippen molar-refractivity contribution in [2.45, 2.75) is 44.0 Å². The second kappa shape index (κ2) is 10.5. The van der Waals surface area contributed by atoms with E-state index in [-0.39, 0.29) is 30.2 Å². The van der Waals surface area contributed by atoms with Crippen molar-refractivity contribution in [2.75, 3.05) is 0 Å². The third-order valence-corrected chi connectivity index (χ3v) is 5.83. The van der Waals surface area contributed by atoms with Gasteiger partial charge in [-0.1, -0.05) is 12.1 Å². The van der Waals surface area contributed by atoms with Crippen LogP contribution in [0.1, 0.15) is 40.7 Å². The lowest BCUT2D eigenvalue weighted by atomic mass is 10.0. The first-order chi connectivity index (χ1) is 16.4. The first-order valence-electron chi connectivity index (χ1n) is 11.1. The van der Waals surface area contributed by atoms with E-state index in [4.69, 9.17) is 14.6 Å². The number of aliphatic hydroxyl groups excluding tert-OH is 1. The van der Waals surface area contributed by atoms with Crippen LogP contribution in [0, 0.1) is 5.82 Å². The van der Waals surface area contributed by atoms with E-state index in [0.29, 0.717) is 28.2 Å². The van der Waals surface area contributed by atoms with Gasteiger partial charge < -0.3 is 19.7 Å². The number of carbonyl (C=O) groups is 2. The van der Waals surface area contributed by atoms with E-state index in [1.165, 1.54) is 24.3 Å². The fourth-order valence-corrected chi connectivity index (χ4v) is 3.98. The molecule has 0 heterocycles. The van der Waals surface area contributed by atoms with Gasteiger partial charge in [0, 0.05) is 17.5 Å². The van der Waals surface area contributed by atoms with Crippen molar-refractivity contribution in [3.63, 3.8) is 0 Å².